The third-order valence-electron chi connectivity index (χ3n) is 4.55. The van der Waals surface area contributed by atoms with E-state index in [2.05, 4.69) is 5.32 Å². The van der Waals surface area contributed by atoms with Crippen molar-refractivity contribution in [2.24, 2.45) is 0 Å². The Morgan fingerprint density at radius 1 is 0.971 bits per heavy atom. The molecule has 4 nitrogen and oxygen atoms in total. The molecule has 0 bridgehead atoms. The number of carbonyl (C=O) groups is 1. The minimum atomic E-state index is -5.68. The summed E-state index contributed by atoms with van der Waals surface area (Å²) in [6.45, 7) is 1.68. The van der Waals surface area contributed by atoms with Crippen LogP contribution in [0.5, 0.6) is 0 Å². The Balaban J connectivity index is 2.00. The standard InChI is InChI=1S/C21H13F7N2O2S2/c1-8-10(9-6-4-3-5-7-9)11(19(31)32-2)18(34-8)30-20(33)29-17-15(24)13(22)12(21(26,27)28)14(23)16(17)25/h3-7H,1-2H3,(H2,29,30,33). The number of methoxy groups -OCH3 is 1. The number of anilines is 2. The van der Waals surface area contributed by atoms with Crippen molar-refractivity contribution < 1.29 is 40.3 Å². The van der Waals surface area contributed by atoms with Crippen molar-refractivity contribution in [2.75, 3.05) is 17.7 Å². The van der Waals surface area contributed by atoms with Gasteiger partial charge in [-0.1, -0.05) is 30.3 Å². The zero-order valence-corrected chi connectivity index (χ0v) is 18.8. The molecule has 0 atom stereocenters. The first-order chi connectivity index (χ1) is 15.9. The summed E-state index contributed by atoms with van der Waals surface area (Å²) in [7, 11) is 1.13. The number of thiophene rings is 1. The molecular formula is C21H13F7N2O2S2. The molecular weight excluding hydrogens is 509 g/mol. The predicted octanol–water partition coefficient (Wildman–Crippen LogP) is 6.89. The summed E-state index contributed by atoms with van der Waals surface area (Å²) in [5, 5.41) is 3.71. The first-order valence-corrected chi connectivity index (χ1v) is 10.4. The molecule has 0 saturated heterocycles. The van der Waals surface area contributed by atoms with Gasteiger partial charge in [-0.2, -0.15) is 13.2 Å². The zero-order valence-electron chi connectivity index (χ0n) is 17.2. The molecule has 0 aliphatic carbocycles. The average molecular weight is 522 g/mol. The highest BCUT2D eigenvalue weighted by molar-refractivity contribution is 7.80. The second kappa shape index (κ2) is 9.58. The van der Waals surface area contributed by atoms with Crippen molar-refractivity contribution in [1.82, 2.24) is 0 Å². The van der Waals surface area contributed by atoms with Gasteiger partial charge in [0.1, 0.15) is 21.8 Å². The maximum absolute atomic E-state index is 14.2. The highest BCUT2D eigenvalue weighted by Gasteiger charge is 2.42. The van der Waals surface area contributed by atoms with Crippen LogP contribution >= 0.6 is 23.6 Å². The molecule has 1 aromatic heterocycles. The van der Waals surface area contributed by atoms with Crippen LogP contribution in [-0.4, -0.2) is 18.2 Å². The highest BCUT2D eigenvalue weighted by atomic mass is 32.1. The summed E-state index contributed by atoms with van der Waals surface area (Å²) >= 11 is 5.93. The first-order valence-electron chi connectivity index (χ1n) is 9.16. The molecule has 0 aliphatic heterocycles. The van der Waals surface area contributed by atoms with Crippen LogP contribution in [0, 0.1) is 30.2 Å². The summed E-state index contributed by atoms with van der Waals surface area (Å²) in [6.07, 6.45) is -5.68. The first kappa shape index (κ1) is 25.4. The molecule has 0 spiro atoms. The number of carbonyl (C=O) groups excluding carboxylic acids is 1. The molecule has 0 aliphatic rings. The van der Waals surface area contributed by atoms with Crippen molar-refractivity contribution in [3.05, 3.63) is 69.6 Å². The smallest absolute Gasteiger partial charge is 0.422 e. The van der Waals surface area contributed by atoms with E-state index in [1.807, 2.05) is 5.32 Å². The van der Waals surface area contributed by atoms with Crippen LogP contribution in [-0.2, 0) is 10.9 Å². The molecule has 3 rings (SSSR count). The number of aryl methyl sites for hydroxylation is 1. The fourth-order valence-electron chi connectivity index (χ4n) is 3.12. The lowest BCUT2D eigenvalue weighted by Crippen LogP contribution is -2.24. The predicted molar refractivity (Wildman–Crippen MR) is 117 cm³/mol. The molecule has 0 fully saturated rings. The Morgan fingerprint density at radius 2 is 1.53 bits per heavy atom. The van der Waals surface area contributed by atoms with Crippen molar-refractivity contribution in [2.45, 2.75) is 13.1 Å². The number of nitrogens with one attached hydrogen (secondary N) is 2. The Bertz CT molecular complexity index is 1250. The van der Waals surface area contributed by atoms with Gasteiger partial charge in [0.2, 0.25) is 0 Å². The molecule has 2 aromatic carbocycles. The number of ether oxygens (including phenoxy) is 1. The van der Waals surface area contributed by atoms with Gasteiger partial charge >= 0.3 is 12.1 Å². The van der Waals surface area contributed by atoms with Gasteiger partial charge in [-0.05, 0) is 24.7 Å². The van der Waals surface area contributed by atoms with Crippen LogP contribution in [0.1, 0.15) is 20.8 Å². The Hall–Kier alpha value is -3.19. The number of benzene rings is 2. The second-order valence-corrected chi connectivity index (χ2v) is 8.31. The summed E-state index contributed by atoms with van der Waals surface area (Å²) in [6, 6.07) is 8.66. The fourth-order valence-corrected chi connectivity index (χ4v) is 4.46. The second-order valence-electron chi connectivity index (χ2n) is 6.68. The van der Waals surface area contributed by atoms with Gasteiger partial charge in [-0.15, -0.1) is 11.3 Å². The van der Waals surface area contributed by atoms with E-state index < -0.39 is 51.8 Å². The van der Waals surface area contributed by atoms with Crippen molar-refractivity contribution in [3.63, 3.8) is 0 Å². The molecule has 180 valence electrons. The van der Waals surface area contributed by atoms with Crippen molar-refractivity contribution >= 4 is 45.3 Å². The third kappa shape index (κ3) is 4.71. The van der Waals surface area contributed by atoms with Crippen LogP contribution in [0.3, 0.4) is 0 Å². The number of esters is 1. The topological polar surface area (TPSA) is 50.4 Å². The van der Waals surface area contributed by atoms with Crippen LogP contribution in [0.4, 0.5) is 41.4 Å². The lowest BCUT2D eigenvalue weighted by atomic mass is 10.0. The largest absolute Gasteiger partial charge is 0.465 e. The molecule has 34 heavy (non-hydrogen) atoms. The molecule has 0 saturated carbocycles. The quantitative estimate of drug-likeness (QED) is 0.169. The summed E-state index contributed by atoms with van der Waals surface area (Å²) in [4.78, 5) is 13.1. The molecule has 0 radical (unpaired) electrons. The SMILES string of the molecule is COC(=O)c1c(NC(=S)Nc2c(F)c(F)c(C(F)(F)F)c(F)c2F)sc(C)c1-c1ccccc1. The van der Waals surface area contributed by atoms with Crippen LogP contribution in [0.2, 0.25) is 0 Å². The molecule has 2 N–H and O–H groups in total. The van der Waals surface area contributed by atoms with E-state index in [4.69, 9.17) is 17.0 Å². The Labute approximate surface area is 197 Å². The van der Waals surface area contributed by atoms with Gasteiger partial charge in [-0.25, -0.2) is 22.4 Å². The molecule has 0 unspecified atom stereocenters. The zero-order chi connectivity index (χ0) is 25.4. The lowest BCUT2D eigenvalue weighted by molar-refractivity contribution is -0.143. The normalized spacial score (nSPS) is 11.3. The van der Waals surface area contributed by atoms with E-state index >= 15 is 0 Å². The van der Waals surface area contributed by atoms with E-state index in [0.29, 0.717) is 16.0 Å². The number of hydrogen-bond acceptors (Lipinski definition) is 4. The van der Waals surface area contributed by atoms with E-state index in [-0.39, 0.29) is 10.6 Å². The summed E-state index contributed by atoms with van der Waals surface area (Å²) in [5.41, 5.74) is -3.14. The van der Waals surface area contributed by atoms with Crippen LogP contribution in [0.25, 0.3) is 11.1 Å². The van der Waals surface area contributed by atoms with Gasteiger partial charge in [-0.3, -0.25) is 0 Å². The van der Waals surface area contributed by atoms with Crippen molar-refractivity contribution in [3.8, 4) is 11.1 Å². The van der Waals surface area contributed by atoms with Crippen molar-refractivity contribution in [1.29, 1.82) is 0 Å². The molecule has 0 amide bonds. The fraction of sp³-hybridized carbons (Fsp3) is 0.143. The number of hydrogen-bond donors (Lipinski definition) is 2. The minimum Gasteiger partial charge on any atom is -0.465 e. The average Bonchev–Trinajstić information content (AvgIpc) is 3.09. The Morgan fingerprint density at radius 3 is 2.03 bits per heavy atom. The van der Waals surface area contributed by atoms with Gasteiger partial charge in [0.25, 0.3) is 0 Å². The van der Waals surface area contributed by atoms with Gasteiger partial charge in [0.15, 0.2) is 28.4 Å². The van der Waals surface area contributed by atoms with E-state index in [9.17, 15) is 35.5 Å². The molecule has 3 aromatic rings. The van der Waals surface area contributed by atoms with E-state index in [1.54, 1.807) is 37.3 Å². The summed E-state index contributed by atoms with van der Waals surface area (Å²) < 4.78 is 99.2. The molecule has 1 heterocycles. The maximum Gasteiger partial charge on any atom is 0.422 e. The van der Waals surface area contributed by atoms with E-state index in [0.717, 1.165) is 18.4 Å². The van der Waals surface area contributed by atoms with Gasteiger partial charge < -0.3 is 15.4 Å². The molecule has 13 heteroatoms. The van der Waals surface area contributed by atoms with Gasteiger partial charge in [0, 0.05) is 10.4 Å². The summed E-state index contributed by atoms with van der Waals surface area (Å²) in [5.74, 6) is -10.7. The van der Waals surface area contributed by atoms with Crippen LogP contribution in [0.15, 0.2) is 30.3 Å². The number of rotatable bonds is 4. The van der Waals surface area contributed by atoms with E-state index in [1.165, 1.54) is 0 Å². The third-order valence-corrected chi connectivity index (χ3v) is 5.77. The lowest BCUT2D eigenvalue weighted by Gasteiger charge is -2.16. The van der Waals surface area contributed by atoms with Crippen LogP contribution < -0.4 is 10.6 Å². The Kier molecular flexibility index (Phi) is 7.17. The number of alkyl halides is 3. The number of thiocarbonyl (C=S) groups is 1. The minimum absolute atomic E-state index is 0.0195. The van der Waals surface area contributed by atoms with Gasteiger partial charge in [0.05, 0.1) is 7.11 Å². The highest BCUT2D eigenvalue weighted by Crippen LogP contribution is 2.41. The number of halogens is 7. The maximum atomic E-state index is 14.2. The monoisotopic (exact) mass is 522 g/mol.